The molecule has 7 aromatic carbocycles. The van der Waals surface area contributed by atoms with Gasteiger partial charge in [0, 0.05) is 38.4 Å². The van der Waals surface area contributed by atoms with Crippen molar-refractivity contribution in [2.45, 2.75) is 17.8 Å². The number of hydrogen-bond acceptors (Lipinski definition) is 3. The van der Waals surface area contributed by atoms with E-state index in [-0.39, 0.29) is 12.0 Å². The third-order valence-electron chi connectivity index (χ3n) is 10.5. The number of nitrogens with zero attached hydrogens (tertiary/aromatic N) is 1. The number of para-hydroxylation sites is 2. The van der Waals surface area contributed by atoms with E-state index in [4.69, 9.17) is 10.5 Å². The van der Waals surface area contributed by atoms with E-state index >= 15 is 0 Å². The average Bonchev–Trinajstić information content (AvgIpc) is 3.74. The van der Waals surface area contributed by atoms with Crippen LogP contribution in [0.1, 0.15) is 17.0 Å². The second-order valence-electron chi connectivity index (χ2n) is 13.4. The standard InChI is InChI=1S/C47H34N2OS/c48-47-44(26-25-42-46(47)39-24-23-35(28-43(39)50-42)34-22-21-31-9-4-5-10-33(31)27-34)51-29-30-17-19-32(20-18-30)37-14-8-16-41-45(37)38-13-6-7-15-40(38)49(41)36-11-2-1-3-12-36/h1-28,42,46H,29,48H2. The molecule has 244 valence electrons. The van der Waals surface area contributed by atoms with Crippen LogP contribution < -0.4 is 10.5 Å². The maximum absolute atomic E-state index is 6.92. The van der Waals surface area contributed by atoms with E-state index in [1.807, 2.05) is 0 Å². The summed E-state index contributed by atoms with van der Waals surface area (Å²) in [6, 6.07) is 56.7. The van der Waals surface area contributed by atoms with Crippen molar-refractivity contribution in [1.82, 2.24) is 4.57 Å². The van der Waals surface area contributed by atoms with E-state index in [9.17, 15) is 0 Å². The molecular formula is C47H34N2OS. The summed E-state index contributed by atoms with van der Waals surface area (Å²) in [5.74, 6) is 1.79. The highest BCUT2D eigenvalue weighted by Gasteiger charge is 2.38. The molecule has 0 fully saturated rings. The lowest BCUT2D eigenvalue weighted by Crippen LogP contribution is -2.25. The highest BCUT2D eigenvalue weighted by molar-refractivity contribution is 8.02. The number of aromatic nitrogens is 1. The highest BCUT2D eigenvalue weighted by atomic mass is 32.2. The number of ether oxygens (including phenoxy) is 1. The minimum atomic E-state index is -0.0777. The number of rotatable bonds is 6. The Morgan fingerprint density at radius 2 is 1.35 bits per heavy atom. The van der Waals surface area contributed by atoms with Gasteiger partial charge < -0.3 is 15.0 Å². The maximum Gasteiger partial charge on any atom is 0.130 e. The zero-order valence-corrected chi connectivity index (χ0v) is 28.7. The van der Waals surface area contributed by atoms with Crippen LogP contribution in [-0.4, -0.2) is 10.7 Å². The van der Waals surface area contributed by atoms with Gasteiger partial charge in [-0.1, -0.05) is 121 Å². The molecule has 10 rings (SSSR count). The molecule has 0 amide bonds. The minimum absolute atomic E-state index is 0.0269. The fraction of sp³-hybridized carbons (Fsp3) is 0.0638. The van der Waals surface area contributed by atoms with Crippen LogP contribution in [0.2, 0.25) is 0 Å². The summed E-state index contributed by atoms with van der Waals surface area (Å²) in [6.07, 6.45) is 4.25. The van der Waals surface area contributed by atoms with Gasteiger partial charge >= 0.3 is 0 Å². The summed E-state index contributed by atoms with van der Waals surface area (Å²) in [6.45, 7) is 0. The predicted octanol–water partition coefficient (Wildman–Crippen LogP) is 11.8. The van der Waals surface area contributed by atoms with Gasteiger partial charge in [-0.25, -0.2) is 0 Å². The Morgan fingerprint density at radius 1 is 0.627 bits per heavy atom. The van der Waals surface area contributed by atoms with Crippen LogP contribution in [0.4, 0.5) is 0 Å². The molecule has 0 bridgehead atoms. The molecule has 0 spiro atoms. The average molecular weight is 675 g/mol. The Balaban J connectivity index is 0.904. The molecule has 1 aliphatic heterocycles. The zero-order chi connectivity index (χ0) is 33.9. The SMILES string of the molecule is NC1=C(SCc2ccc(-c3cccc4c3c3ccccc3n4-c3ccccc3)cc2)C=CC2Oc3cc(-c4ccc5ccccc5c4)ccc3C12. The second kappa shape index (κ2) is 12.1. The molecule has 1 aromatic heterocycles. The lowest BCUT2D eigenvalue weighted by molar-refractivity contribution is 0.264. The molecule has 2 heterocycles. The zero-order valence-electron chi connectivity index (χ0n) is 27.9. The summed E-state index contributed by atoms with van der Waals surface area (Å²) in [7, 11) is 0. The van der Waals surface area contributed by atoms with E-state index in [0.29, 0.717) is 0 Å². The van der Waals surface area contributed by atoms with E-state index in [0.717, 1.165) is 33.2 Å². The number of thioether (sulfide) groups is 1. The van der Waals surface area contributed by atoms with Crippen molar-refractivity contribution in [2.75, 3.05) is 0 Å². The molecule has 2 atom stereocenters. The van der Waals surface area contributed by atoms with Gasteiger partial charge in [-0.2, -0.15) is 0 Å². The number of hydrogen-bond donors (Lipinski definition) is 1. The van der Waals surface area contributed by atoms with E-state index in [2.05, 4.69) is 174 Å². The van der Waals surface area contributed by atoms with Gasteiger partial charge in [0.1, 0.15) is 11.9 Å². The molecule has 2 N–H and O–H groups in total. The first-order valence-electron chi connectivity index (χ1n) is 17.5. The number of allylic oxidation sites excluding steroid dienone is 1. The van der Waals surface area contributed by atoms with Crippen LogP contribution in [-0.2, 0) is 5.75 Å². The first kappa shape index (κ1) is 29.9. The molecule has 51 heavy (non-hydrogen) atoms. The third-order valence-corrected chi connectivity index (χ3v) is 11.6. The van der Waals surface area contributed by atoms with Gasteiger partial charge in [0.25, 0.3) is 0 Å². The normalized spacial score (nSPS) is 16.5. The topological polar surface area (TPSA) is 40.2 Å². The van der Waals surface area contributed by atoms with Crippen LogP contribution in [0.15, 0.2) is 180 Å². The Bertz CT molecular complexity index is 2690. The third kappa shape index (κ3) is 5.06. The van der Waals surface area contributed by atoms with Gasteiger partial charge in [0.15, 0.2) is 0 Å². The molecule has 4 heteroatoms. The molecule has 0 saturated heterocycles. The smallest absolute Gasteiger partial charge is 0.130 e. The summed E-state index contributed by atoms with van der Waals surface area (Å²) in [4.78, 5) is 1.12. The Labute approximate surface area is 301 Å². The monoisotopic (exact) mass is 674 g/mol. The van der Waals surface area contributed by atoms with Gasteiger partial charge in [-0.05, 0) is 87.1 Å². The van der Waals surface area contributed by atoms with Crippen molar-refractivity contribution in [3.8, 4) is 33.7 Å². The van der Waals surface area contributed by atoms with E-state index in [1.54, 1.807) is 11.8 Å². The van der Waals surface area contributed by atoms with Crippen LogP contribution in [0.3, 0.4) is 0 Å². The van der Waals surface area contributed by atoms with E-state index in [1.165, 1.54) is 60.5 Å². The molecule has 2 unspecified atom stereocenters. The Kier molecular flexibility index (Phi) is 7.10. The molecule has 8 aromatic rings. The predicted molar refractivity (Wildman–Crippen MR) is 214 cm³/mol. The fourth-order valence-corrected chi connectivity index (χ4v) is 8.93. The number of fused-ring (bicyclic) bond motifs is 7. The molecular weight excluding hydrogens is 641 g/mol. The molecule has 0 radical (unpaired) electrons. The quantitative estimate of drug-likeness (QED) is 0.191. The van der Waals surface area contributed by atoms with Crippen LogP contribution in [0.25, 0.3) is 60.5 Å². The van der Waals surface area contributed by atoms with E-state index < -0.39 is 0 Å². The first-order chi connectivity index (χ1) is 25.2. The Hall–Kier alpha value is -5.97. The largest absolute Gasteiger partial charge is 0.485 e. The van der Waals surface area contributed by atoms with Crippen molar-refractivity contribution in [2.24, 2.45) is 5.73 Å². The lowest BCUT2D eigenvalue weighted by atomic mass is 9.88. The second-order valence-corrected chi connectivity index (χ2v) is 14.4. The van der Waals surface area contributed by atoms with Crippen molar-refractivity contribution in [1.29, 1.82) is 0 Å². The summed E-state index contributed by atoms with van der Waals surface area (Å²) >= 11 is 1.80. The van der Waals surface area contributed by atoms with Gasteiger partial charge in [-0.15, -0.1) is 11.8 Å². The van der Waals surface area contributed by atoms with Crippen molar-refractivity contribution >= 4 is 44.3 Å². The van der Waals surface area contributed by atoms with Crippen LogP contribution in [0.5, 0.6) is 5.75 Å². The van der Waals surface area contributed by atoms with Crippen molar-refractivity contribution in [3.05, 3.63) is 192 Å². The van der Waals surface area contributed by atoms with Crippen molar-refractivity contribution < 1.29 is 4.74 Å². The lowest BCUT2D eigenvalue weighted by Gasteiger charge is -2.23. The number of nitrogens with two attached hydrogens (primary N) is 1. The Morgan fingerprint density at radius 3 is 2.24 bits per heavy atom. The van der Waals surface area contributed by atoms with Crippen LogP contribution in [0, 0.1) is 0 Å². The van der Waals surface area contributed by atoms with Gasteiger partial charge in [0.2, 0.25) is 0 Å². The first-order valence-corrected chi connectivity index (χ1v) is 18.5. The molecule has 1 aliphatic carbocycles. The van der Waals surface area contributed by atoms with Gasteiger partial charge in [0.05, 0.1) is 17.0 Å². The summed E-state index contributed by atoms with van der Waals surface area (Å²) < 4.78 is 8.84. The highest BCUT2D eigenvalue weighted by Crippen LogP contribution is 2.48. The molecule has 0 saturated carbocycles. The van der Waals surface area contributed by atoms with Crippen molar-refractivity contribution in [3.63, 3.8) is 0 Å². The minimum Gasteiger partial charge on any atom is -0.485 e. The summed E-state index contributed by atoms with van der Waals surface area (Å²) in [5.41, 5.74) is 18.6. The summed E-state index contributed by atoms with van der Waals surface area (Å²) in [5, 5.41) is 5.02. The molecule has 3 nitrogen and oxygen atoms in total. The van der Waals surface area contributed by atoms with Crippen LogP contribution >= 0.6 is 11.8 Å². The fourth-order valence-electron chi connectivity index (χ4n) is 7.95. The maximum atomic E-state index is 6.92. The molecule has 2 aliphatic rings. The van der Waals surface area contributed by atoms with Gasteiger partial charge in [-0.3, -0.25) is 0 Å². The number of benzene rings is 7.